The Hall–Kier alpha value is -0.570. The van der Waals surface area contributed by atoms with Crippen LogP contribution in [0, 0.1) is 0 Å². The molecule has 1 unspecified atom stereocenters. The molecule has 1 heterocycles. The highest BCUT2D eigenvalue weighted by Crippen LogP contribution is 2.11. The van der Waals surface area contributed by atoms with Gasteiger partial charge in [-0.25, -0.2) is 0 Å². The van der Waals surface area contributed by atoms with Crippen LogP contribution in [0.15, 0.2) is 0 Å². The first-order valence-corrected chi connectivity index (χ1v) is 6.27. The number of piperidine rings is 1. The maximum absolute atomic E-state index is 11.5. The van der Waals surface area contributed by atoms with Crippen LogP contribution in [0.1, 0.15) is 51.9 Å². The number of nitrogens with zero attached hydrogens (tertiary/aromatic N) is 1. The Morgan fingerprint density at radius 1 is 1.33 bits per heavy atom. The van der Waals surface area contributed by atoms with Gasteiger partial charge in [-0.2, -0.15) is 0 Å². The molecule has 88 valence electrons. The van der Waals surface area contributed by atoms with Gasteiger partial charge in [0.1, 0.15) is 0 Å². The first kappa shape index (κ1) is 12.5. The normalized spacial score (nSPS) is 22.1. The van der Waals surface area contributed by atoms with Gasteiger partial charge in [-0.15, -0.1) is 0 Å². The summed E-state index contributed by atoms with van der Waals surface area (Å²) >= 11 is 0. The highest BCUT2D eigenvalue weighted by Gasteiger charge is 2.22. The van der Waals surface area contributed by atoms with Crippen molar-refractivity contribution < 1.29 is 4.79 Å². The number of hydrogen-bond donors (Lipinski definition) is 1. The molecule has 0 spiro atoms. The molecule has 1 rings (SSSR count). The van der Waals surface area contributed by atoms with Crippen molar-refractivity contribution in [2.24, 2.45) is 5.73 Å². The second kappa shape index (κ2) is 6.83. The Morgan fingerprint density at radius 2 is 2.07 bits per heavy atom. The van der Waals surface area contributed by atoms with E-state index in [1.54, 1.807) is 0 Å². The molecule has 2 N–H and O–H groups in total. The molecule has 1 saturated heterocycles. The minimum atomic E-state index is 0.207. The quantitative estimate of drug-likeness (QED) is 0.684. The monoisotopic (exact) mass is 212 g/mol. The van der Waals surface area contributed by atoms with Gasteiger partial charge < -0.3 is 10.6 Å². The zero-order valence-electron chi connectivity index (χ0n) is 9.87. The van der Waals surface area contributed by atoms with Crippen LogP contribution in [0.25, 0.3) is 0 Å². The van der Waals surface area contributed by atoms with Crippen molar-refractivity contribution in [1.82, 2.24) is 4.90 Å². The van der Waals surface area contributed by atoms with E-state index in [0.29, 0.717) is 12.3 Å². The molecule has 1 aliphatic heterocycles. The first-order chi connectivity index (χ1) is 7.24. The van der Waals surface area contributed by atoms with E-state index in [-0.39, 0.29) is 6.04 Å². The predicted octanol–water partition coefficient (Wildman–Crippen LogP) is 1.91. The lowest BCUT2D eigenvalue weighted by molar-refractivity contribution is -0.133. The molecule has 1 aliphatic rings. The minimum Gasteiger partial charge on any atom is -0.341 e. The van der Waals surface area contributed by atoms with Crippen LogP contribution in [0.3, 0.4) is 0 Å². The van der Waals surface area contributed by atoms with E-state index in [1.807, 2.05) is 4.90 Å². The summed E-state index contributed by atoms with van der Waals surface area (Å²) in [5.41, 5.74) is 5.85. The first-order valence-electron chi connectivity index (χ1n) is 6.27. The van der Waals surface area contributed by atoms with Crippen LogP contribution < -0.4 is 5.73 Å². The van der Waals surface area contributed by atoms with Crippen LogP contribution >= 0.6 is 0 Å². The van der Waals surface area contributed by atoms with Gasteiger partial charge in [0.15, 0.2) is 0 Å². The van der Waals surface area contributed by atoms with Gasteiger partial charge in [0.05, 0.1) is 0 Å². The van der Waals surface area contributed by atoms with E-state index < -0.39 is 0 Å². The van der Waals surface area contributed by atoms with Gasteiger partial charge in [-0.3, -0.25) is 4.79 Å². The third-order valence-corrected chi connectivity index (χ3v) is 3.07. The number of carbonyl (C=O) groups is 1. The number of carbonyl (C=O) groups excluding carboxylic acids is 1. The van der Waals surface area contributed by atoms with Gasteiger partial charge in [0.25, 0.3) is 0 Å². The topological polar surface area (TPSA) is 46.3 Å². The van der Waals surface area contributed by atoms with Gasteiger partial charge in [-0.1, -0.05) is 32.6 Å². The average molecular weight is 212 g/mol. The molecule has 0 aliphatic carbocycles. The second-order valence-electron chi connectivity index (χ2n) is 4.55. The van der Waals surface area contributed by atoms with Gasteiger partial charge in [-0.05, 0) is 12.8 Å². The fraction of sp³-hybridized carbons (Fsp3) is 0.917. The summed E-state index contributed by atoms with van der Waals surface area (Å²) in [7, 11) is 0. The van der Waals surface area contributed by atoms with Crippen molar-refractivity contribution in [2.45, 2.75) is 57.9 Å². The van der Waals surface area contributed by atoms with Gasteiger partial charge in [0.2, 0.25) is 5.91 Å². The summed E-state index contributed by atoms with van der Waals surface area (Å²) < 4.78 is 0. The van der Waals surface area contributed by atoms with E-state index in [1.165, 1.54) is 25.7 Å². The summed E-state index contributed by atoms with van der Waals surface area (Å²) in [5, 5.41) is 0. The highest BCUT2D eigenvalue weighted by atomic mass is 16.2. The zero-order valence-corrected chi connectivity index (χ0v) is 9.87. The van der Waals surface area contributed by atoms with Crippen molar-refractivity contribution in [3.63, 3.8) is 0 Å². The average Bonchev–Trinajstić information content (AvgIpc) is 2.23. The fourth-order valence-corrected chi connectivity index (χ4v) is 2.07. The van der Waals surface area contributed by atoms with Crippen molar-refractivity contribution >= 4 is 5.91 Å². The molecule has 0 bridgehead atoms. The SMILES string of the molecule is CCCCCCCN1CC(N)CCC1=O. The molecule has 0 aromatic rings. The lowest BCUT2D eigenvalue weighted by Gasteiger charge is -2.30. The molecule has 0 radical (unpaired) electrons. The standard InChI is InChI=1S/C12H24N2O/c1-2-3-4-5-6-9-14-10-11(13)7-8-12(14)15/h11H,2-10,13H2,1H3. The van der Waals surface area contributed by atoms with Crippen LogP contribution in [-0.4, -0.2) is 29.9 Å². The predicted molar refractivity (Wildman–Crippen MR) is 62.5 cm³/mol. The summed E-state index contributed by atoms with van der Waals surface area (Å²) in [4.78, 5) is 13.5. The molecule has 15 heavy (non-hydrogen) atoms. The molecule has 1 atom stereocenters. The Labute approximate surface area is 93.0 Å². The minimum absolute atomic E-state index is 0.207. The smallest absolute Gasteiger partial charge is 0.222 e. The van der Waals surface area contributed by atoms with Crippen molar-refractivity contribution in [3.8, 4) is 0 Å². The molecule has 1 amide bonds. The van der Waals surface area contributed by atoms with E-state index >= 15 is 0 Å². The molecule has 0 aromatic carbocycles. The number of nitrogens with two attached hydrogens (primary N) is 1. The van der Waals surface area contributed by atoms with Crippen LogP contribution in [0.4, 0.5) is 0 Å². The third kappa shape index (κ3) is 4.65. The second-order valence-corrected chi connectivity index (χ2v) is 4.55. The molecule has 3 heteroatoms. The van der Waals surface area contributed by atoms with Crippen LogP contribution in [0.2, 0.25) is 0 Å². The summed E-state index contributed by atoms with van der Waals surface area (Å²) in [5.74, 6) is 0.298. The van der Waals surface area contributed by atoms with Gasteiger partial charge >= 0.3 is 0 Å². The zero-order chi connectivity index (χ0) is 11.1. The largest absolute Gasteiger partial charge is 0.341 e. The number of amides is 1. The maximum Gasteiger partial charge on any atom is 0.222 e. The van der Waals surface area contributed by atoms with E-state index in [9.17, 15) is 4.79 Å². The van der Waals surface area contributed by atoms with Crippen LogP contribution in [-0.2, 0) is 4.79 Å². The van der Waals surface area contributed by atoms with Gasteiger partial charge in [0, 0.05) is 25.6 Å². The van der Waals surface area contributed by atoms with E-state index in [2.05, 4.69) is 6.92 Å². The highest BCUT2D eigenvalue weighted by molar-refractivity contribution is 5.77. The number of unbranched alkanes of at least 4 members (excludes halogenated alkanes) is 4. The van der Waals surface area contributed by atoms with Crippen molar-refractivity contribution in [1.29, 1.82) is 0 Å². The summed E-state index contributed by atoms with van der Waals surface area (Å²) in [6.45, 7) is 3.90. The molecule has 1 fully saturated rings. The fourth-order valence-electron chi connectivity index (χ4n) is 2.07. The molecule has 0 aromatic heterocycles. The number of likely N-dealkylation sites (tertiary alicyclic amines) is 1. The Bertz CT molecular complexity index is 194. The Kier molecular flexibility index (Phi) is 5.69. The van der Waals surface area contributed by atoms with E-state index in [4.69, 9.17) is 5.73 Å². The summed E-state index contributed by atoms with van der Waals surface area (Å²) in [6.07, 6.45) is 7.78. The molecular weight excluding hydrogens is 188 g/mol. The van der Waals surface area contributed by atoms with Crippen LogP contribution in [0.5, 0.6) is 0 Å². The summed E-state index contributed by atoms with van der Waals surface area (Å²) in [6, 6.07) is 0.207. The maximum atomic E-state index is 11.5. The Morgan fingerprint density at radius 3 is 2.80 bits per heavy atom. The van der Waals surface area contributed by atoms with Crippen molar-refractivity contribution in [3.05, 3.63) is 0 Å². The third-order valence-electron chi connectivity index (χ3n) is 3.07. The lowest BCUT2D eigenvalue weighted by Crippen LogP contribution is -2.46. The lowest BCUT2D eigenvalue weighted by atomic mass is 10.1. The van der Waals surface area contributed by atoms with Crippen molar-refractivity contribution in [2.75, 3.05) is 13.1 Å². The Balaban J connectivity index is 2.11. The number of hydrogen-bond acceptors (Lipinski definition) is 2. The molecule has 3 nitrogen and oxygen atoms in total. The number of rotatable bonds is 6. The molecular formula is C12H24N2O. The van der Waals surface area contributed by atoms with E-state index in [0.717, 1.165) is 25.9 Å². The molecule has 0 saturated carbocycles.